The molecule has 0 atom stereocenters. The van der Waals surface area contributed by atoms with Crippen LogP contribution in [0.2, 0.25) is 0 Å². The third-order valence-corrected chi connectivity index (χ3v) is 3.38. The van der Waals surface area contributed by atoms with Crippen molar-refractivity contribution in [3.8, 4) is 0 Å². The van der Waals surface area contributed by atoms with Gasteiger partial charge in [-0.25, -0.2) is 0 Å². The van der Waals surface area contributed by atoms with Gasteiger partial charge in [0.1, 0.15) is 0 Å². The molecule has 64 valence electrons. The minimum atomic E-state index is 1.07. The van der Waals surface area contributed by atoms with Crippen LogP contribution < -0.4 is 0 Å². The summed E-state index contributed by atoms with van der Waals surface area (Å²) >= 11 is 0. The molecule has 2 rings (SSSR count). The number of likely N-dealkylation sites (tertiary alicyclic amines) is 1. The molecule has 0 spiro atoms. The highest BCUT2D eigenvalue weighted by Crippen LogP contribution is 2.36. The van der Waals surface area contributed by atoms with E-state index in [9.17, 15) is 0 Å². The average molecular weight is 153 g/mol. The highest BCUT2D eigenvalue weighted by molar-refractivity contribution is 4.82. The molecule has 2 fully saturated rings. The molecule has 1 heterocycles. The van der Waals surface area contributed by atoms with E-state index >= 15 is 0 Å². The Morgan fingerprint density at radius 3 is 2.36 bits per heavy atom. The monoisotopic (exact) mass is 153 g/mol. The SMILES string of the molecule is CC[C@H]1C[C@@H](CN2CCC2)C1. The Hall–Kier alpha value is -0.0400. The van der Waals surface area contributed by atoms with Gasteiger partial charge in [-0.2, -0.15) is 0 Å². The molecule has 0 amide bonds. The van der Waals surface area contributed by atoms with Gasteiger partial charge in [-0.15, -0.1) is 0 Å². The predicted octanol–water partition coefficient (Wildman–Crippen LogP) is 2.13. The molecule has 0 radical (unpaired) electrons. The quantitative estimate of drug-likeness (QED) is 0.600. The lowest BCUT2D eigenvalue weighted by Crippen LogP contribution is -2.43. The van der Waals surface area contributed by atoms with Gasteiger partial charge in [-0.3, -0.25) is 0 Å². The first-order valence-electron chi connectivity index (χ1n) is 5.11. The summed E-state index contributed by atoms with van der Waals surface area (Å²) in [5.41, 5.74) is 0. The molecule has 0 aromatic heterocycles. The zero-order chi connectivity index (χ0) is 7.68. The van der Waals surface area contributed by atoms with Gasteiger partial charge in [0.2, 0.25) is 0 Å². The van der Waals surface area contributed by atoms with Crippen molar-refractivity contribution in [2.75, 3.05) is 19.6 Å². The van der Waals surface area contributed by atoms with Crippen LogP contribution in [-0.4, -0.2) is 24.5 Å². The fourth-order valence-electron chi connectivity index (χ4n) is 2.29. The average Bonchev–Trinajstić information content (AvgIpc) is 1.81. The number of hydrogen-bond donors (Lipinski definition) is 0. The minimum absolute atomic E-state index is 1.07. The van der Waals surface area contributed by atoms with Crippen LogP contribution >= 0.6 is 0 Å². The number of hydrogen-bond acceptors (Lipinski definition) is 1. The van der Waals surface area contributed by atoms with Crippen molar-refractivity contribution >= 4 is 0 Å². The topological polar surface area (TPSA) is 3.24 Å². The maximum atomic E-state index is 2.61. The molecule has 0 aromatic carbocycles. The van der Waals surface area contributed by atoms with Gasteiger partial charge in [0, 0.05) is 6.54 Å². The van der Waals surface area contributed by atoms with E-state index < -0.39 is 0 Å². The Labute approximate surface area is 69.8 Å². The molecule has 0 aromatic rings. The van der Waals surface area contributed by atoms with Crippen molar-refractivity contribution in [3.63, 3.8) is 0 Å². The van der Waals surface area contributed by atoms with Gasteiger partial charge in [-0.1, -0.05) is 13.3 Å². The third kappa shape index (κ3) is 1.58. The third-order valence-electron chi connectivity index (χ3n) is 3.38. The Morgan fingerprint density at radius 1 is 1.18 bits per heavy atom. The van der Waals surface area contributed by atoms with Crippen LogP contribution in [0.5, 0.6) is 0 Å². The molecule has 2 aliphatic rings. The van der Waals surface area contributed by atoms with E-state index in [0.717, 1.165) is 11.8 Å². The maximum Gasteiger partial charge on any atom is 0.000988 e. The van der Waals surface area contributed by atoms with Gasteiger partial charge < -0.3 is 4.90 Å². The first kappa shape index (κ1) is 7.60. The van der Waals surface area contributed by atoms with Gasteiger partial charge in [-0.05, 0) is 44.2 Å². The molecule has 1 saturated heterocycles. The molecule has 11 heavy (non-hydrogen) atoms. The van der Waals surface area contributed by atoms with Crippen molar-refractivity contribution in [2.45, 2.75) is 32.6 Å². The minimum Gasteiger partial charge on any atom is -0.303 e. The summed E-state index contributed by atoms with van der Waals surface area (Å²) < 4.78 is 0. The van der Waals surface area contributed by atoms with Gasteiger partial charge in [0.05, 0.1) is 0 Å². The van der Waals surface area contributed by atoms with E-state index in [0.29, 0.717) is 0 Å². The predicted molar refractivity (Wildman–Crippen MR) is 47.6 cm³/mol. The maximum absolute atomic E-state index is 2.61. The van der Waals surface area contributed by atoms with Crippen molar-refractivity contribution in [1.82, 2.24) is 4.90 Å². The fraction of sp³-hybridized carbons (Fsp3) is 1.00. The van der Waals surface area contributed by atoms with Crippen molar-refractivity contribution in [1.29, 1.82) is 0 Å². The first-order valence-corrected chi connectivity index (χ1v) is 5.11. The second-order valence-electron chi connectivity index (χ2n) is 4.27. The van der Waals surface area contributed by atoms with Crippen LogP contribution in [-0.2, 0) is 0 Å². The Kier molecular flexibility index (Phi) is 2.17. The summed E-state index contributed by atoms with van der Waals surface area (Å²) in [7, 11) is 0. The van der Waals surface area contributed by atoms with Gasteiger partial charge >= 0.3 is 0 Å². The lowest BCUT2D eigenvalue weighted by atomic mass is 9.73. The number of rotatable bonds is 3. The molecule has 0 N–H and O–H groups in total. The van der Waals surface area contributed by atoms with Crippen LogP contribution in [0.4, 0.5) is 0 Å². The highest BCUT2D eigenvalue weighted by Gasteiger charge is 2.30. The van der Waals surface area contributed by atoms with Crippen LogP contribution in [0.3, 0.4) is 0 Å². The van der Waals surface area contributed by atoms with Crippen molar-refractivity contribution in [2.24, 2.45) is 11.8 Å². The van der Waals surface area contributed by atoms with E-state index in [4.69, 9.17) is 0 Å². The molecule has 1 nitrogen and oxygen atoms in total. The summed E-state index contributed by atoms with van der Waals surface area (Å²) in [4.78, 5) is 2.61. The number of nitrogens with zero attached hydrogens (tertiary/aromatic N) is 1. The molecular formula is C10H19N. The van der Waals surface area contributed by atoms with Gasteiger partial charge in [0.15, 0.2) is 0 Å². The molecule has 1 aliphatic heterocycles. The summed E-state index contributed by atoms with van der Waals surface area (Å²) in [6.07, 6.45) is 5.90. The summed E-state index contributed by atoms with van der Waals surface area (Å²) in [6, 6.07) is 0. The van der Waals surface area contributed by atoms with Crippen LogP contribution in [0.15, 0.2) is 0 Å². The smallest absolute Gasteiger partial charge is 0.000988 e. The zero-order valence-corrected chi connectivity index (χ0v) is 7.55. The Morgan fingerprint density at radius 2 is 1.91 bits per heavy atom. The van der Waals surface area contributed by atoms with E-state index in [1.165, 1.54) is 45.3 Å². The van der Waals surface area contributed by atoms with E-state index in [1.807, 2.05) is 0 Å². The summed E-state index contributed by atoms with van der Waals surface area (Å²) in [5.74, 6) is 2.15. The first-order chi connectivity index (χ1) is 5.38. The summed E-state index contributed by atoms with van der Waals surface area (Å²) in [5, 5.41) is 0. The van der Waals surface area contributed by atoms with Crippen molar-refractivity contribution in [3.05, 3.63) is 0 Å². The lowest BCUT2D eigenvalue weighted by molar-refractivity contribution is 0.0858. The highest BCUT2D eigenvalue weighted by atomic mass is 15.2. The molecule has 1 saturated carbocycles. The van der Waals surface area contributed by atoms with Crippen molar-refractivity contribution < 1.29 is 0 Å². The van der Waals surface area contributed by atoms with E-state index in [2.05, 4.69) is 11.8 Å². The zero-order valence-electron chi connectivity index (χ0n) is 7.55. The molecule has 1 aliphatic carbocycles. The second-order valence-corrected chi connectivity index (χ2v) is 4.27. The summed E-state index contributed by atoms with van der Waals surface area (Å²) in [6.45, 7) is 6.50. The normalized spacial score (nSPS) is 37.9. The lowest BCUT2D eigenvalue weighted by Gasteiger charge is -2.41. The van der Waals surface area contributed by atoms with Crippen LogP contribution in [0, 0.1) is 11.8 Å². The largest absolute Gasteiger partial charge is 0.303 e. The molecule has 1 heteroatoms. The van der Waals surface area contributed by atoms with Crippen LogP contribution in [0.1, 0.15) is 32.6 Å². The van der Waals surface area contributed by atoms with Crippen LogP contribution in [0.25, 0.3) is 0 Å². The second kappa shape index (κ2) is 3.14. The van der Waals surface area contributed by atoms with E-state index in [-0.39, 0.29) is 0 Å². The van der Waals surface area contributed by atoms with E-state index in [1.54, 1.807) is 0 Å². The molecule has 0 unspecified atom stereocenters. The Bertz CT molecular complexity index is 123. The molecule has 0 bridgehead atoms. The molecular weight excluding hydrogens is 134 g/mol. The van der Waals surface area contributed by atoms with Gasteiger partial charge in [0.25, 0.3) is 0 Å². The standard InChI is InChI=1S/C10H19N/c1-2-9-6-10(7-9)8-11-4-3-5-11/h9-10H,2-8H2,1H3/t9-,10+. The Balaban J connectivity index is 1.59. The fourth-order valence-corrected chi connectivity index (χ4v) is 2.29.